The highest BCUT2D eigenvalue weighted by Crippen LogP contribution is 2.44. The van der Waals surface area contributed by atoms with Crippen LogP contribution in [0.3, 0.4) is 0 Å². The quantitative estimate of drug-likeness (QED) is 0.812. The summed E-state index contributed by atoms with van der Waals surface area (Å²) < 4.78 is 5.46. The fourth-order valence-electron chi connectivity index (χ4n) is 3.12. The average molecular weight is 235 g/mol. The number of hydrogen-bond acceptors (Lipinski definition) is 4. The molecule has 0 amide bonds. The fraction of sp³-hybridized carbons (Fsp3) is 0.846. The van der Waals surface area contributed by atoms with E-state index < -0.39 is 0 Å². The zero-order chi connectivity index (χ0) is 12.0. The van der Waals surface area contributed by atoms with Gasteiger partial charge in [-0.25, -0.2) is 0 Å². The molecule has 1 aromatic rings. The summed E-state index contributed by atoms with van der Waals surface area (Å²) in [5, 5.41) is 7.66. The molecule has 4 heteroatoms. The highest BCUT2D eigenvalue weighted by atomic mass is 16.5. The van der Waals surface area contributed by atoms with E-state index in [9.17, 15) is 0 Å². The molecule has 2 fully saturated rings. The van der Waals surface area contributed by atoms with E-state index in [1.54, 1.807) is 0 Å². The van der Waals surface area contributed by atoms with Crippen LogP contribution in [0, 0.1) is 11.8 Å². The van der Waals surface area contributed by atoms with Crippen molar-refractivity contribution >= 4 is 0 Å². The standard InChI is InChI=1S/C13H21N3O/c1-13(2,3)12-15-11(17-16-12)10-9-6-4-5-8(9)7-14-10/h8-10,14H,4-7H2,1-3H3. The van der Waals surface area contributed by atoms with Crippen LogP contribution in [0.1, 0.15) is 57.8 Å². The summed E-state index contributed by atoms with van der Waals surface area (Å²) in [7, 11) is 0. The predicted octanol–water partition coefficient (Wildman–Crippen LogP) is 2.43. The van der Waals surface area contributed by atoms with E-state index in [2.05, 4.69) is 36.2 Å². The van der Waals surface area contributed by atoms with Gasteiger partial charge in [-0.3, -0.25) is 0 Å². The van der Waals surface area contributed by atoms with Crippen LogP contribution in [-0.4, -0.2) is 16.7 Å². The number of rotatable bonds is 1. The first kappa shape index (κ1) is 11.2. The smallest absolute Gasteiger partial charge is 0.244 e. The predicted molar refractivity (Wildman–Crippen MR) is 64.6 cm³/mol. The Morgan fingerprint density at radius 2 is 2.12 bits per heavy atom. The molecular weight excluding hydrogens is 214 g/mol. The molecule has 0 aromatic carbocycles. The van der Waals surface area contributed by atoms with Crippen molar-refractivity contribution in [2.24, 2.45) is 11.8 Å². The third-order valence-electron chi connectivity index (χ3n) is 4.12. The van der Waals surface area contributed by atoms with Gasteiger partial charge in [-0.1, -0.05) is 32.3 Å². The Bertz CT molecular complexity index is 407. The highest BCUT2D eigenvalue weighted by Gasteiger charge is 2.42. The first-order chi connectivity index (χ1) is 8.05. The Labute approximate surface area is 102 Å². The molecule has 2 aliphatic rings. The molecule has 1 N–H and O–H groups in total. The summed E-state index contributed by atoms with van der Waals surface area (Å²) in [6, 6.07) is 0.297. The first-order valence-electron chi connectivity index (χ1n) is 6.63. The molecule has 2 heterocycles. The van der Waals surface area contributed by atoms with Crippen LogP contribution in [0.5, 0.6) is 0 Å². The topological polar surface area (TPSA) is 51.0 Å². The lowest BCUT2D eigenvalue weighted by atomic mass is 9.93. The van der Waals surface area contributed by atoms with E-state index in [0.29, 0.717) is 12.0 Å². The highest BCUT2D eigenvalue weighted by molar-refractivity contribution is 5.07. The van der Waals surface area contributed by atoms with Crippen LogP contribution in [0.2, 0.25) is 0 Å². The van der Waals surface area contributed by atoms with Crippen LogP contribution in [-0.2, 0) is 5.41 Å². The van der Waals surface area contributed by atoms with Gasteiger partial charge in [0.25, 0.3) is 0 Å². The van der Waals surface area contributed by atoms with Gasteiger partial charge in [0, 0.05) is 5.41 Å². The average Bonchev–Trinajstić information content (AvgIpc) is 2.91. The molecule has 0 spiro atoms. The number of nitrogens with one attached hydrogen (secondary N) is 1. The number of fused-ring (bicyclic) bond motifs is 1. The maximum Gasteiger partial charge on any atom is 0.244 e. The summed E-state index contributed by atoms with van der Waals surface area (Å²) in [5.41, 5.74) is -0.0323. The van der Waals surface area contributed by atoms with Crippen LogP contribution < -0.4 is 5.32 Å². The van der Waals surface area contributed by atoms with Gasteiger partial charge in [0.1, 0.15) is 0 Å². The zero-order valence-corrected chi connectivity index (χ0v) is 10.9. The third-order valence-corrected chi connectivity index (χ3v) is 4.12. The van der Waals surface area contributed by atoms with Crippen LogP contribution >= 0.6 is 0 Å². The molecule has 3 rings (SSSR count). The van der Waals surface area contributed by atoms with Crippen molar-refractivity contribution in [1.82, 2.24) is 15.5 Å². The fourth-order valence-corrected chi connectivity index (χ4v) is 3.12. The molecule has 17 heavy (non-hydrogen) atoms. The molecule has 94 valence electrons. The van der Waals surface area contributed by atoms with Crippen LogP contribution in [0.15, 0.2) is 4.52 Å². The van der Waals surface area contributed by atoms with Crippen molar-refractivity contribution in [3.8, 4) is 0 Å². The van der Waals surface area contributed by atoms with Crippen molar-refractivity contribution in [2.45, 2.75) is 51.5 Å². The molecule has 3 unspecified atom stereocenters. The molecule has 4 nitrogen and oxygen atoms in total. The van der Waals surface area contributed by atoms with E-state index in [1.165, 1.54) is 19.3 Å². The summed E-state index contributed by atoms with van der Waals surface area (Å²) in [4.78, 5) is 4.58. The van der Waals surface area contributed by atoms with Crippen molar-refractivity contribution in [2.75, 3.05) is 6.54 Å². The third kappa shape index (κ3) is 1.88. The minimum Gasteiger partial charge on any atom is -0.338 e. The lowest BCUT2D eigenvalue weighted by Gasteiger charge is -2.14. The van der Waals surface area contributed by atoms with Gasteiger partial charge in [-0.05, 0) is 31.2 Å². The van der Waals surface area contributed by atoms with Crippen molar-refractivity contribution < 1.29 is 4.52 Å². The van der Waals surface area contributed by atoms with Gasteiger partial charge < -0.3 is 9.84 Å². The lowest BCUT2D eigenvalue weighted by molar-refractivity contribution is 0.298. The second-order valence-corrected chi connectivity index (χ2v) is 6.45. The molecule has 1 aliphatic carbocycles. The van der Waals surface area contributed by atoms with E-state index >= 15 is 0 Å². The molecular formula is C13H21N3O. The maximum absolute atomic E-state index is 5.46. The van der Waals surface area contributed by atoms with Crippen molar-refractivity contribution in [1.29, 1.82) is 0 Å². The first-order valence-corrected chi connectivity index (χ1v) is 6.63. The Morgan fingerprint density at radius 3 is 2.82 bits per heavy atom. The van der Waals surface area contributed by atoms with Gasteiger partial charge in [-0.2, -0.15) is 4.98 Å². The van der Waals surface area contributed by atoms with E-state index in [1.807, 2.05) is 0 Å². The van der Waals surface area contributed by atoms with E-state index in [0.717, 1.165) is 24.2 Å². The summed E-state index contributed by atoms with van der Waals surface area (Å²) >= 11 is 0. The lowest BCUT2D eigenvalue weighted by Crippen LogP contribution is -2.19. The van der Waals surface area contributed by atoms with Crippen LogP contribution in [0.4, 0.5) is 0 Å². The second-order valence-electron chi connectivity index (χ2n) is 6.45. The van der Waals surface area contributed by atoms with Crippen molar-refractivity contribution in [3.05, 3.63) is 11.7 Å². The Kier molecular flexibility index (Phi) is 2.51. The maximum atomic E-state index is 5.46. The summed E-state index contributed by atoms with van der Waals surface area (Å²) in [5.74, 6) is 3.15. The van der Waals surface area contributed by atoms with Gasteiger partial charge in [0.15, 0.2) is 5.82 Å². The normalized spacial score (nSPS) is 33.0. The summed E-state index contributed by atoms with van der Waals surface area (Å²) in [6.45, 7) is 7.45. The monoisotopic (exact) mass is 235 g/mol. The number of hydrogen-bond donors (Lipinski definition) is 1. The Balaban J connectivity index is 1.83. The zero-order valence-electron chi connectivity index (χ0n) is 10.9. The molecule has 3 atom stereocenters. The number of nitrogens with zero attached hydrogens (tertiary/aromatic N) is 2. The number of aromatic nitrogens is 2. The molecule has 1 saturated carbocycles. The van der Waals surface area contributed by atoms with Crippen LogP contribution in [0.25, 0.3) is 0 Å². The van der Waals surface area contributed by atoms with Gasteiger partial charge in [0.05, 0.1) is 6.04 Å². The summed E-state index contributed by atoms with van der Waals surface area (Å²) in [6.07, 6.45) is 4.01. The second kappa shape index (κ2) is 3.80. The molecule has 1 aliphatic heterocycles. The Morgan fingerprint density at radius 1 is 1.29 bits per heavy atom. The van der Waals surface area contributed by atoms with Gasteiger partial charge in [-0.15, -0.1) is 0 Å². The van der Waals surface area contributed by atoms with Crippen molar-refractivity contribution in [3.63, 3.8) is 0 Å². The van der Waals surface area contributed by atoms with Gasteiger partial charge >= 0.3 is 0 Å². The minimum absolute atomic E-state index is 0.0323. The minimum atomic E-state index is -0.0323. The van der Waals surface area contributed by atoms with E-state index in [-0.39, 0.29) is 5.41 Å². The largest absolute Gasteiger partial charge is 0.338 e. The molecule has 1 aromatic heterocycles. The van der Waals surface area contributed by atoms with E-state index in [4.69, 9.17) is 4.52 Å². The SMILES string of the molecule is CC(C)(C)c1noc(C2NCC3CCCC32)n1. The molecule has 0 bridgehead atoms. The molecule has 1 saturated heterocycles. The molecule has 0 radical (unpaired) electrons. The Hall–Kier alpha value is -0.900. The van der Waals surface area contributed by atoms with Gasteiger partial charge in [0.2, 0.25) is 5.89 Å².